The van der Waals surface area contributed by atoms with Crippen LogP contribution in [0.15, 0.2) is 54.4 Å². The standard InChI is InChI=1S/C22H27N3O/c1-17-6-5-9-19(12-17)14-25-21-13-20(15-23-16-21)22(26)24-11-10-18-7-3-2-4-8-18/h5-7,9,12-13,15-16,25H,2-4,8,10-11,14H2,1H3,(H,24,26). The molecule has 136 valence electrons. The van der Waals surface area contributed by atoms with Crippen LogP contribution in [0.25, 0.3) is 0 Å². The third-order valence-corrected chi connectivity index (χ3v) is 4.70. The summed E-state index contributed by atoms with van der Waals surface area (Å²) in [5.41, 5.74) is 5.37. The number of aromatic nitrogens is 1. The SMILES string of the molecule is Cc1cccc(CNc2cncc(C(=O)NCCC3=CCCCC3)c2)c1. The van der Waals surface area contributed by atoms with Crippen molar-refractivity contribution in [3.63, 3.8) is 0 Å². The first-order valence-electron chi connectivity index (χ1n) is 9.41. The average molecular weight is 349 g/mol. The van der Waals surface area contributed by atoms with E-state index in [2.05, 4.69) is 52.9 Å². The number of nitrogens with one attached hydrogen (secondary N) is 2. The minimum absolute atomic E-state index is 0.0619. The molecule has 2 aromatic rings. The molecular formula is C22H27N3O. The molecule has 4 heteroatoms. The van der Waals surface area contributed by atoms with E-state index in [9.17, 15) is 4.79 Å². The van der Waals surface area contributed by atoms with Crippen LogP contribution in [0.5, 0.6) is 0 Å². The Bertz CT molecular complexity index is 782. The summed E-state index contributed by atoms with van der Waals surface area (Å²) in [5.74, 6) is -0.0619. The summed E-state index contributed by atoms with van der Waals surface area (Å²) in [7, 11) is 0. The first-order chi connectivity index (χ1) is 12.7. The number of anilines is 1. The van der Waals surface area contributed by atoms with Gasteiger partial charge in [-0.2, -0.15) is 0 Å². The zero-order valence-corrected chi connectivity index (χ0v) is 15.4. The predicted octanol–water partition coefficient (Wildman–Crippen LogP) is 4.62. The Morgan fingerprint density at radius 2 is 2.12 bits per heavy atom. The van der Waals surface area contributed by atoms with E-state index in [0.717, 1.165) is 12.1 Å². The maximum Gasteiger partial charge on any atom is 0.252 e. The lowest BCUT2D eigenvalue weighted by molar-refractivity contribution is 0.0953. The molecule has 3 rings (SSSR count). The molecule has 0 unspecified atom stereocenters. The van der Waals surface area contributed by atoms with Gasteiger partial charge in [-0.1, -0.05) is 41.5 Å². The normalized spacial score (nSPS) is 13.8. The second-order valence-electron chi connectivity index (χ2n) is 6.92. The second-order valence-corrected chi connectivity index (χ2v) is 6.92. The van der Waals surface area contributed by atoms with Crippen molar-refractivity contribution in [2.45, 2.75) is 45.6 Å². The molecule has 0 saturated heterocycles. The van der Waals surface area contributed by atoms with Crippen LogP contribution in [0.1, 0.15) is 53.6 Å². The number of nitrogens with zero attached hydrogens (tertiary/aromatic N) is 1. The maximum atomic E-state index is 12.4. The van der Waals surface area contributed by atoms with Crippen molar-refractivity contribution < 1.29 is 4.79 Å². The van der Waals surface area contributed by atoms with Crippen molar-refractivity contribution in [2.75, 3.05) is 11.9 Å². The maximum absolute atomic E-state index is 12.4. The molecule has 1 amide bonds. The lowest BCUT2D eigenvalue weighted by Gasteiger charge is -2.13. The fraction of sp³-hybridized carbons (Fsp3) is 0.364. The van der Waals surface area contributed by atoms with Crippen molar-refractivity contribution in [1.29, 1.82) is 0 Å². The average Bonchev–Trinajstić information content (AvgIpc) is 2.67. The Morgan fingerprint density at radius 3 is 2.92 bits per heavy atom. The molecule has 0 spiro atoms. The molecule has 0 atom stereocenters. The summed E-state index contributed by atoms with van der Waals surface area (Å²) in [4.78, 5) is 16.6. The Morgan fingerprint density at radius 1 is 1.19 bits per heavy atom. The third kappa shape index (κ3) is 5.45. The highest BCUT2D eigenvalue weighted by Gasteiger charge is 2.08. The van der Waals surface area contributed by atoms with Crippen LogP contribution in [-0.2, 0) is 6.54 Å². The van der Waals surface area contributed by atoms with Crippen LogP contribution in [0, 0.1) is 6.92 Å². The molecule has 0 bridgehead atoms. The van der Waals surface area contributed by atoms with Gasteiger partial charge in [0, 0.05) is 25.5 Å². The topological polar surface area (TPSA) is 54.0 Å². The van der Waals surface area contributed by atoms with Gasteiger partial charge in [0.25, 0.3) is 5.91 Å². The lowest BCUT2D eigenvalue weighted by Crippen LogP contribution is -2.25. The van der Waals surface area contributed by atoms with Gasteiger partial charge < -0.3 is 10.6 Å². The van der Waals surface area contributed by atoms with Gasteiger partial charge in [0.05, 0.1) is 11.3 Å². The number of hydrogen-bond acceptors (Lipinski definition) is 3. The number of allylic oxidation sites excluding steroid dienone is 1. The minimum atomic E-state index is -0.0619. The summed E-state index contributed by atoms with van der Waals surface area (Å²) in [6.07, 6.45) is 11.6. The molecule has 0 fully saturated rings. The van der Waals surface area contributed by atoms with E-state index < -0.39 is 0 Å². The minimum Gasteiger partial charge on any atom is -0.380 e. The number of benzene rings is 1. The van der Waals surface area contributed by atoms with E-state index in [1.807, 2.05) is 6.07 Å². The second kappa shape index (κ2) is 9.18. The molecule has 1 heterocycles. The van der Waals surface area contributed by atoms with Gasteiger partial charge in [0.2, 0.25) is 0 Å². The van der Waals surface area contributed by atoms with Crippen LogP contribution in [0.2, 0.25) is 0 Å². The van der Waals surface area contributed by atoms with Crippen molar-refractivity contribution >= 4 is 11.6 Å². The smallest absolute Gasteiger partial charge is 0.252 e. The molecule has 1 aromatic heterocycles. The fourth-order valence-corrected chi connectivity index (χ4v) is 3.26. The zero-order valence-electron chi connectivity index (χ0n) is 15.4. The number of amides is 1. The van der Waals surface area contributed by atoms with Gasteiger partial charge in [0.15, 0.2) is 0 Å². The Labute approximate surface area is 155 Å². The highest BCUT2D eigenvalue weighted by molar-refractivity contribution is 5.94. The van der Waals surface area contributed by atoms with Crippen molar-refractivity contribution in [1.82, 2.24) is 10.3 Å². The van der Waals surface area contributed by atoms with E-state index >= 15 is 0 Å². The molecule has 4 nitrogen and oxygen atoms in total. The van der Waals surface area contributed by atoms with Gasteiger partial charge in [0.1, 0.15) is 0 Å². The Balaban J connectivity index is 1.51. The van der Waals surface area contributed by atoms with Crippen LogP contribution in [0.4, 0.5) is 5.69 Å². The highest BCUT2D eigenvalue weighted by Crippen LogP contribution is 2.19. The highest BCUT2D eigenvalue weighted by atomic mass is 16.1. The van der Waals surface area contributed by atoms with Crippen LogP contribution in [-0.4, -0.2) is 17.4 Å². The number of aryl methyl sites for hydroxylation is 1. The van der Waals surface area contributed by atoms with Gasteiger partial charge >= 0.3 is 0 Å². The van der Waals surface area contributed by atoms with Gasteiger partial charge in [-0.15, -0.1) is 0 Å². The summed E-state index contributed by atoms with van der Waals surface area (Å²) in [6, 6.07) is 10.2. The monoisotopic (exact) mass is 349 g/mol. The molecule has 2 N–H and O–H groups in total. The summed E-state index contributed by atoms with van der Waals surface area (Å²) in [5, 5.41) is 6.35. The number of pyridine rings is 1. The zero-order chi connectivity index (χ0) is 18.2. The largest absolute Gasteiger partial charge is 0.380 e. The van der Waals surface area contributed by atoms with Crippen LogP contribution < -0.4 is 10.6 Å². The first kappa shape index (κ1) is 18.2. The van der Waals surface area contributed by atoms with E-state index in [0.29, 0.717) is 18.7 Å². The van der Waals surface area contributed by atoms with Gasteiger partial charge in [-0.3, -0.25) is 9.78 Å². The lowest BCUT2D eigenvalue weighted by atomic mass is 9.97. The molecular weight excluding hydrogens is 322 g/mol. The molecule has 1 aromatic carbocycles. The molecule has 26 heavy (non-hydrogen) atoms. The summed E-state index contributed by atoms with van der Waals surface area (Å²) in [6.45, 7) is 3.48. The van der Waals surface area contributed by atoms with Gasteiger partial charge in [-0.25, -0.2) is 0 Å². The molecule has 0 saturated carbocycles. The number of carbonyl (C=O) groups is 1. The third-order valence-electron chi connectivity index (χ3n) is 4.70. The molecule has 0 radical (unpaired) electrons. The van der Waals surface area contributed by atoms with E-state index in [-0.39, 0.29) is 5.91 Å². The molecule has 1 aliphatic carbocycles. The Kier molecular flexibility index (Phi) is 6.42. The van der Waals surface area contributed by atoms with Crippen LogP contribution >= 0.6 is 0 Å². The quantitative estimate of drug-likeness (QED) is 0.717. The number of hydrogen-bond donors (Lipinski definition) is 2. The fourth-order valence-electron chi connectivity index (χ4n) is 3.26. The molecule has 0 aliphatic heterocycles. The van der Waals surface area contributed by atoms with Crippen molar-refractivity contribution in [3.05, 3.63) is 71.1 Å². The van der Waals surface area contributed by atoms with Gasteiger partial charge in [-0.05, 0) is 50.7 Å². The number of carbonyl (C=O) groups excluding carboxylic acids is 1. The summed E-state index contributed by atoms with van der Waals surface area (Å²) < 4.78 is 0. The van der Waals surface area contributed by atoms with E-state index in [1.165, 1.54) is 42.4 Å². The number of rotatable bonds is 7. The van der Waals surface area contributed by atoms with E-state index in [4.69, 9.17) is 0 Å². The van der Waals surface area contributed by atoms with Crippen molar-refractivity contribution in [3.8, 4) is 0 Å². The van der Waals surface area contributed by atoms with Crippen molar-refractivity contribution in [2.24, 2.45) is 0 Å². The molecule has 1 aliphatic rings. The van der Waals surface area contributed by atoms with Crippen LogP contribution in [0.3, 0.4) is 0 Å². The Hall–Kier alpha value is -2.62. The summed E-state index contributed by atoms with van der Waals surface area (Å²) >= 11 is 0. The first-order valence-corrected chi connectivity index (χ1v) is 9.41. The predicted molar refractivity (Wildman–Crippen MR) is 106 cm³/mol. The van der Waals surface area contributed by atoms with E-state index in [1.54, 1.807) is 12.4 Å².